The normalized spacial score (nSPS) is 19.0. The van der Waals surface area contributed by atoms with Crippen LogP contribution in [0.3, 0.4) is 0 Å². The molecule has 1 heterocycles. The number of hydrogen-bond acceptors (Lipinski definition) is 4. The van der Waals surface area contributed by atoms with Gasteiger partial charge in [0.25, 0.3) is 0 Å². The number of likely N-dealkylation sites (tertiary alicyclic amines) is 1. The maximum absolute atomic E-state index is 11.8. The topological polar surface area (TPSA) is 53.6 Å². The Hall–Kier alpha value is -1.75. The zero-order chi connectivity index (χ0) is 17.0. The minimum atomic E-state index is -0.496. The van der Waals surface area contributed by atoms with Crippen LogP contribution in [0.5, 0.6) is 0 Å². The summed E-state index contributed by atoms with van der Waals surface area (Å²) in [6.45, 7) is 12.2. The van der Waals surface area contributed by atoms with Crippen LogP contribution >= 0.6 is 0 Å². The van der Waals surface area contributed by atoms with Gasteiger partial charge in [-0.3, -0.25) is 10.2 Å². The third-order valence-electron chi connectivity index (χ3n) is 3.83. The highest BCUT2D eigenvalue weighted by Gasteiger charge is 2.24. The van der Waals surface area contributed by atoms with Crippen molar-refractivity contribution in [1.82, 2.24) is 4.90 Å². The molecule has 0 radical (unpaired) electrons. The minimum Gasteiger partial charge on any atom is -0.444 e. The summed E-state index contributed by atoms with van der Waals surface area (Å²) in [5, 5.41) is 6.33. The lowest BCUT2D eigenvalue weighted by molar-refractivity contribution is 0.0636. The smallest absolute Gasteiger partial charge is 0.412 e. The molecule has 128 valence electrons. The molecule has 5 nitrogen and oxygen atoms in total. The molecule has 1 aliphatic heterocycles. The van der Waals surface area contributed by atoms with Gasteiger partial charge in [-0.15, -0.1) is 0 Å². The molecule has 23 heavy (non-hydrogen) atoms. The highest BCUT2D eigenvalue weighted by atomic mass is 16.6. The van der Waals surface area contributed by atoms with E-state index in [1.54, 1.807) is 0 Å². The largest absolute Gasteiger partial charge is 0.444 e. The number of ether oxygens (including phenoxy) is 1. The Bertz CT molecular complexity index is 537. The van der Waals surface area contributed by atoms with Crippen molar-refractivity contribution in [1.29, 1.82) is 0 Å². The molecule has 2 N–H and O–H groups in total. The molecule has 1 atom stereocenters. The van der Waals surface area contributed by atoms with Crippen LogP contribution in [0.15, 0.2) is 24.3 Å². The third-order valence-corrected chi connectivity index (χ3v) is 3.83. The Balaban J connectivity index is 1.91. The Morgan fingerprint density at radius 1 is 1.30 bits per heavy atom. The molecule has 2 rings (SSSR count). The van der Waals surface area contributed by atoms with Crippen LogP contribution in [0.4, 0.5) is 16.2 Å². The number of carbonyl (C=O) groups excluding carboxylic acids is 1. The second-order valence-corrected chi connectivity index (χ2v) is 7.43. The number of benzene rings is 1. The molecule has 5 heteroatoms. The van der Waals surface area contributed by atoms with Gasteiger partial charge in [0, 0.05) is 36.5 Å². The first kappa shape index (κ1) is 17.6. The van der Waals surface area contributed by atoms with Crippen LogP contribution in [0, 0.1) is 0 Å². The monoisotopic (exact) mass is 319 g/mol. The van der Waals surface area contributed by atoms with Crippen LogP contribution in [0.25, 0.3) is 0 Å². The molecule has 0 saturated carbocycles. The first-order chi connectivity index (χ1) is 10.7. The van der Waals surface area contributed by atoms with E-state index in [-0.39, 0.29) is 0 Å². The lowest BCUT2D eigenvalue weighted by atomic mass is 10.2. The SMILES string of the molecule is CC(C)N1CCC(Nc2cccc(NC(=O)OC(C)(C)C)c2)C1. The molecule has 1 aliphatic rings. The number of anilines is 2. The lowest BCUT2D eigenvalue weighted by Gasteiger charge is -2.21. The van der Waals surface area contributed by atoms with Gasteiger partial charge in [0.05, 0.1) is 0 Å². The summed E-state index contributed by atoms with van der Waals surface area (Å²) >= 11 is 0. The van der Waals surface area contributed by atoms with E-state index in [0.29, 0.717) is 12.1 Å². The van der Waals surface area contributed by atoms with Crippen LogP contribution in [-0.2, 0) is 4.74 Å². The van der Waals surface area contributed by atoms with Crippen molar-refractivity contribution >= 4 is 17.5 Å². The fourth-order valence-corrected chi connectivity index (χ4v) is 2.72. The first-order valence-electron chi connectivity index (χ1n) is 8.33. The predicted molar refractivity (Wildman–Crippen MR) is 95.0 cm³/mol. The standard InChI is InChI=1S/C18H29N3O2/c1-13(2)21-10-9-16(12-21)19-14-7-6-8-15(11-14)20-17(22)23-18(3,4)5/h6-8,11,13,16,19H,9-10,12H2,1-5H3,(H,20,22). The van der Waals surface area contributed by atoms with Crippen molar-refractivity contribution in [3.05, 3.63) is 24.3 Å². The van der Waals surface area contributed by atoms with E-state index in [2.05, 4.69) is 29.4 Å². The van der Waals surface area contributed by atoms with Crippen LogP contribution in [-0.4, -0.2) is 41.8 Å². The van der Waals surface area contributed by atoms with Gasteiger partial charge in [-0.2, -0.15) is 0 Å². The lowest BCUT2D eigenvalue weighted by Crippen LogP contribution is -2.31. The minimum absolute atomic E-state index is 0.429. The molecule has 1 aromatic rings. The van der Waals surface area contributed by atoms with Gasteiger partial charge in [0.2, 0.25) is 0 Å². The second kappa shape index (κ2) is 7.21. The van der Waals surface area contributed by atoms with Crippen molar-refractivity contribution in [3.8, 4) is 0 Å². The Morgan fingerprint density at radius 2 is 2.00 bits per heavy atom. The zero-order valence-electron chi connectivity index (χ0n) is 14.8. The maximum Gasteiger partial charge on any atom is 0.412 e. The van der Waals surface area contributed by atoms with Gasteiger partial charge >= 0.3 is 6.09 Å². The molecule has 0 spiro atoms. The molecule has 0 aliphatic carbocycles. The van der Waals surface area contributed by atoms with Crippen molar-refractivity contribution in [3.63, 3.8) is 0 Å². The molecule has 1 amide bonds. The highest BCUT2D eigenvalue weighted by Crippen LogP contribution is 2.21. The molecular formula is C18H29N3O2. The van der Waals surface area contributed by atoms with Gasteiger partial charge in [0.15, 0.2) is 0 Å². The van der Waals surface area contributed by atoms with Crippen molar-refractivity contribution < 1.29 is 9.53 Å². The molecule has 0 bridgehead atoms. The number of rotatable bonds is 4. The summed E-state index contributed by atoms with van der Waals surface area (Å²) < 4.78 is 5.28. The van der Waals surface area contributed by atoms with Gasteiger partial charge in [-0.05, 0) is 59.2 Å². The van der Waals surface area contributed by atoms with Crippen LogP contribution in [0.2, 0.25) is 0 Å². The average molecular weight is 319 g/mol. The van der Waals surface area contributed by atoms with Gasteiger partial charge in [0.1, 0.15) is 5.60 Å². The number of hydrogen-bond donors (Lipinski definition) is 2. The van der Waals surface area contributed by atoms with Crippen molar-refractivity contribution in [2.24, 2.45) is 0 Å². The summed E-state index contributed by atoms with van der Waals surface area (Å²) in [4.78, 5) is 14.3. The number of carbonyl (C=O) groups is 1. The fraction of sp³-hybridized carbons (Fsp3) is 0.611. The summed E-state index contributed by atoms with van der Waals surface area (Å²) in [5.74, 6) is 0. The van der Waals surface area contributed by atoms with E-state index in [1.807, 2.05) is 45.0 Å². The van der Waals surface area contributed by atoms with E-state index >= 15 is 0 Å². The Kier molecular flexibility index (Phi) is 5.52. The number of amides is 1. The predicted octanol–water partition coefficient (Wildman–Crippen LogP) is 3.93. The van der Waals surface area contributed by atoms with E-state index in [0.717, 1.165) is 30.9 Å². The molecule has 1 fully saturated rings. The fourth-order valence-electron chi connectivity index (χ4n) is 2.72. The number of nitrogens with zero attached hydrogens (tertiary/aromatic N) is 1. The number of nitrogens with one attached hydrogen (secondary N) is 2. The van der Waals surface area contributed by atoms with E-state index in [1.165, 1.54) is 0 Å². The van der Waals surface area contributed by atoms with Gasteiger partial charge in [-0.1, -0.05) is 6.07 Å². The summed E-state index contributed by atoms with van der Waals surface area (Å²) in [6.07, 6.45) is 0.712. The van der Waals surface area contributed by atoms with Crippen molar-refractivity contribution in [2.45, 2.75) is 58.7 Å². The van der Waals surface area contributed by atoms with E-state index in [9.17, 15) is 4.79 Å². The molecule has 1 aromatic carbocycles. The van der Waals surface area contributed by atoms with E-state index < -0.39 is 11.7 Å². The second-order valence-electron chi connectivity index (χ2n) is 7.43. The average Bonchev–Trinajstić information content (AvgIpc) is 2.85. The van der Waals surface area contributed by atoms with Crippen LogP contribution < -0.4 is 10.6 Å². The summed E-state index contributed by atoms with van der Waals surface area (Å²) in [7, 11) is 0. The quantitative estimate of drug-likeness (QED) is 0.883. The third kappa shape index (κ3) is 5.75. The van der Waals surface area contributed by atoms with Crippen molar-refractivity contribution in [2.75, 3.05) is 23.7 Å². The highest BCUT2D eigenvalue weighted by molar-refractivity contribution is 5.85. The molecular weight excluding hydrogens is 290 g/mol. The molecule has 0 aromatic heterocycles. The summed E-state index contributed by atoms with van der Waals surface area (Å²) in [6, 6.07) is 8.81. The zero-order valence-corrected chi connectivity index (χ0v) is 14.8. The van der Waals surface area contributed by atoms with Gasteiger partial charge < -0.3 is 10.1 Å². The maximum atomic E-state index is 11.8. The molecule has 1 unspecified atom stereocenters. The Morgan fingerprint density at radius 3 is 2.61 bits per heavy atom. The van der Waals surface area contributed by atoms with Gasteiger partial charge in [-0.25, -0.2) is 4.79 Å². The van der Waals surface area contributed by atoms with Crippen LogP contribution in [0.1, 0.15) is 41.0 Å². The first-order valence-corrected chi connectivity index (χ1v) is 8.33. The summed E-state index contributed by atoms with van der Waals surface area (Å²) in [5.41, 5.74) is 1.27. The molecule has 1 saturated heterocycles. The van der Waals surface area contributed by atoms with E-state index in [4.69, 9.17) is 4.74 Å². The Labute approximate surface area is 139 Å².